The van der Waals surface area contributed by atoms with Crippen LogP contribution in [0.25, 0.3) is 0 Å². The number of hydrogen-bond acceptors (Lipinski definition) is 5. The number of nitrogens with one attached hydrogen (secondary N) is 1. The van der Waals surface area contributed by atoms with Crippen LogP contribution in [0.4, 0.5) is 0 Å². The molecule has 0 aromatic carbocycles. The molecular weight excluding hydrogens is 278 g/mol. The van der Waals surface area contributed by atoms with Gasteiger partial charge in [-0.3, -0.25) is 4.90 Å². The van der Waals surface area contributed by atoms with Crippen molar-refractivity contribution in [3.05, 3.63) is 11.9 Å². The molecule has 0 aliphatic carbocycles. The first-order valence-corrected chi connectivity index (χ1v) is 8.49. The standard InChI is InChI=1S/C16H29N5O/c1-16(2)10-15(6-9-22-16)20(3)11-13-12-21(19-18-13)14-4-7-17-8-5-14/h12,14-15,17H,4-11H2,1-3H3. The number of rotatable bonds is 4. The summed E-state index contributed by atoms with van der Waals surface area (Å²) in [5.41, 5.74) is 1.06. The van der Waals surface area contributed by atoms with Crippen molar-refractivity contribution in [2.45, 2.75) is 63.8 Å². The van der Waals surface area contributed by atoms with Crippen molar-refractivity contribution < 1.29 is 4.74 Å². The van der Waals surface area contributed by atoms with Crippen LogP contribution in [0.15, 0.2) is 6.20 Å². The summed E-state index contributed by atoms with van der Waals surface area (Å²) in [7, 11) is 2.19. The molecule has 1 atom stereocenters. The fraction of sp³-hybridized carbons (Fsp3) is 0.875. The molecule has 1 aromatic heterocycles. The van der Waals surface area contributed by atoms with E-state index in [0.29, 0.717) is 12.1 Å². The van der Waals surface area contributed by atoms with Crippen LogP contribution in [0.1, 0.15) is 51.3 Å². The summed E-state index contributed by atoms with van der Waals surface area (Å²) in [6.45, 7) is 8.24. The van der Waals surface area contributed by atoms with Gasteiger partial charge in [0.1, 0.15) is 0 Å². The molecular formula is C16H29N5O. The zero-order valence-corrected chi connectivity index (χ0v) is 14.1. The maximum atomic E-state index is 5.81. The third kappa shape index (κ3) is 3.86. The van der Waals surface area contributed by atoms with Gasteiger partial charge in [0, 0.05) is 19.2 Å². The normalized spacial score (nSPS) is 26.5. The molecule has 1 unspecified atom stereocenters. The van der Waals surface area contributed by atoms with Gasteiger partial charge in [-0.2, -0.15) is 0 Å². The average Bonchev–Trinajstić information content (AvgIpc) is 2.95. The first kappa shape index (κ1) is 15.9. The van der Waals surface area contributed by atoms with Crippen LogP contribution >= 0.6 is 0 Å². The van der Waals surface area contributed by atoms with Crippen molar-refractivity contribution >= 4 is 0 Å². The molecule has 0 spiro atoms. The Kier molecular flexibility index (Phi) is 4.80. The second-order valence-electron chi connectivity index (χ2n) is 7.34. The fourth-order valence-corrected chi connectivity index (χ4v) is 3.60. The minimum absolute atomic E-state index is 0.0100. The first-order chi connectivity index (χ1) is 10.5. The molecule has 0 radical (unpaired) electrons. The summed E-state index contributed by atoms with van der Waals surface area (Å²) in [6.07, 6.45) is 6.60. The van der Waals surface area contributed by atoms with Crippen molar-refractivity contribution in [2.24, 2.45) is 0 Å². The van der Waals surface area contributed by atoms with Crippen LogP contribution in [-0.4, -0.2) is 58.3 Å². The Morgan fingerprint density at radius 2 is 2.14 bits per heavy atom. The monoisotopic (exact) mass is 307 g/mol. The zero-order valence-electron chi connectivity index (χ0n) is 14.1. The molecule has 1 aromatic rings. The minimum Gasteiger partial charge on any atom is -0.375 e. The highest BCUT2D eigenvalue weighted by Crippen LogP contribution is 2.27. The summed E-state index contributed by atoms with van der Waals surface area (Å²) in [5.74, 6) is 0. The van der Waals surface area contributed by atoms with E-state index in [2.05, 4.69) is 52.3 Å². The Balaban J connectivity index is 1.57. The first-order valence-electron chi connectivity index (χ1n) is 8.49. The van der Waals surface area contributed by atoms with Crippen LogP contribution in [0, 0.1) is 0 Å². The van der Waals surface area contributed by atoms with E-state index in [1.165, 1.54) is 0 Å². The second kappa shape index (κ2) is 6.64. The van der Waals surface area contributed by atoms with Gasteiger partial charge in [-0.05, 0) is 59.7 Å². The number of ether oxygens (including phenoxy) is 1. The van der Waals surface area contributed by atoms with Crippen LogP contribution < -0.4 is 5.32 Å². The lowest BCUT2D eigenvalue weighted by atomic mass is 9.93. The number of piperidine rings is 1. The largest absolute Gasteiger partial charge is 0.375 e. The fourth-order valence-electron chi connectivity index (χ4n) is 3.60. The third-order valence-electron chi connectivity index (χ3n) is 4.95. The molecule has 2 aliphatic rings. The number of nitrogens with zero attached hydrogens (tertiary/aromatic N) is 4. The molecule has 3 rings (SSSR count). The average molecular weight is 307 g/mol. The molecule has 2 fully saturated rings. The van der Waals surface area contributed by atoms with Gasteiger partial charge in [0.05, 0.1) is 23.5 Å². The highest BCUT2D eigenvalue weighted by Gasteiger charge is 2.31. The molecule has 2 saturated heterocycles. The molecule has 0 bridgehead atoms. The van der Waals surface area contributed by atoms with Gasteiger partial charge in [-0.25, -0.2) is 4.68 Å². The number of aromatic nitrogens is 3. The van der Waals surface area contributed by atoms with Crippen LogP contribution in [0.2, 0.25) is 0 Å². The smallest absolute Gasteiger partial charge is 0.0967 e. The Morgan fingerprint density at radius 3 is 2.86 bits per heavy atom. The minimum atomic E-state index is -0.0100. The lowest BCUT2D eigenvalue weighted by Crippen LogP contribution is -2.44. The molecule has 6 nitrogen and oxygen atoms in total. The molecule has 3 heterocycles. The summed E-state index contributed by atoms with van der Waals surface area (Å²) in [6, 6.07) is 1.07. The Hall–Kier alpha value is -0.980. The van der Waals surface area contributed by atoms with E-state index < -0.39 is 0 Å². The maximum Gasteiger partial charge on any atom is 0.0967 e. The van der Waals surface area contributed by atoms with E-state index in [4.69, 9.17) is 4.74 Å². The van der Waals surface area contributed by atoms with E-state index in [1.807, 2.05) is 0 Å². The van der Waals surface area contributed by atoms with Crippen LogP contribution in [0.3, 0.4) is 0 Å². The van der Waals surface area contributed by atoms with Crippen LogP contribution in [-0.2, 0) is 11.3 Å². The SMILES string of the molecule is CN(Cc1cn(C2CCNCC2)nn1)C1CCOC(C)(C)C1. The van der Waals surface area contributed by atoms with E-state index >= 15 is 0 Å². The highest BCUT2D eigenvalue weighted by atomic mass is 16.5. The Labute approximate surface area is 133 Å². The summed E-state index contributed by atoms with van der Waals surface area (Å²) in [4.78, 5) is 2.40. The predicted molar refractivity (Wildman–Crippen MR) is 85.7 cm³/mol. The summed E-state index contributed by atoms with van der Waals surface area (Å²) in [5, 5.41) is 12.1. The maximum absolute atomic E-state index is 5.81. The van der Waals surface area contributed by atoms with E-state index in [0.717, 1.165) is 57.6 Å². The van der Waals surface area contributed by atoms with E-state index in [9.17, 15) is 0 Å². The van der Waals surface area contributed by atoms with Crippen molar-refractivity contribution in [2.75, 3.05) is 26.7 Å². The third-order valence-corrected chi connectivity index (χ3v) is 4.95. The second-order valence-corrected chi connectivity index (χ2v) is 7.34. The molecule has 1 N–H and O–H groups in total. The molecule has 6 heteroatoms. The van der Waals surface area contributed by atoms with Gasteiger partial charge in [0.25, 0.3) is 0 Å². The van der Waals surface area contributed by atoms with Crippen molar-refractivity contribution in [3.8, 4) is 0 Å². The zero-order chi connectivity index (χ0) is 15.6. The van der Waals surface area contributed by atoms with Gasteiger partial charge in [-0.1, -0.05) is 5.21 Å². The quantitative estimate of drug-likeness (QED) is 0.915. The summed E-state index contributed by atoms with van der Waals surface area (Å²) >= 11 is 0. The van der Waals surface area contributed by atoms with Crippen LogP contribution in [0.5, 0.6) is 0 Å². The van der Waals surface area contributed by atoms with Gasteiger partial charge in [0.15, 0.2) is 0 Å². The summed E-state index contributed by atoms with van der Waals surface area (Å²) < 4.78 is 7.88. The van der Waals surface area contributed by atoms with Crippen molar-refractivity contribution in [3.63, 3.8) is 0 Å². The highest BCUT2D eigenvalue weighted by molar-refractivity contribution is 4.95. The molecule has 2 aliphatic heterocycles. The van der Waals surface area contributed by atoms with Gasteiger partial charge in [0.2, 0.25) is 0 Å². The molecule has 124 valence electrons. The predicted octanol–water partition coefficient (Wildman–Crippen LogP) is 1.59. The topological polar surface area (TPSA) is 55.2 Å². The number of hydrogen-bond donors (Lipinski definition) is 1. The Morgan fingerprint density at radius 1 is 1.36 bits per heavy atom. The Bertz CT molecular complexity index is 481. The van der Waals surface area contributed by atoms with Crippen molar-refractivity contribution in [1.82, 2.24) is 25.2 Å². The molecule has 22 heavy (non-hydrogen) atoms. The molecule has 0 amide bonds. The lowest BCUT2D eigenvalue weighted by Gasteiger charge is -2.39. The van der Waals surface area contributed by atoms with Gasteiger partial charge < -0.3 is 10.1 Å². The molecule has 0 saturated carbocycles. The van der Waals surface area contributed by atoms with Crippen molar-refractivity contribution in [1.29, 1.82) is 0 Å². The van der Waals surface area contributed by atoms with E-state index in [-0.39, 0.29) is 5.60 Å². The van der Waals surface area contributed by atoms with E-state index in [1.54, 1.807) is 0 Å². The van der Waals surface area contributed by atoms with Gasteiger partial charge in [-0.15, -0.1) is 5.10 Å². The lowest BCUT2D eigenvalue weighted by molar-refractivity contribution is -0.0810. The van der Waals surface area contributed by atoms with Gasteiger partial charge >= 0.3 is 0 Å².